The van der Waals surface area contributed by atoms with Crippen LogP contribution in [0.25, 0.3) is 0 Å². The Morgan fingerprint density at radius 3 is 2.32 bits per heavy atom. The molecule has 0 spiro atoms. The minimum Gasteiger partial charge on any atom is -0.481 e. The van der Waals surface area contributed by atoms with Crippen molar-refractivity contribution in [2.45, 2.75) is 64.3 Å². The van der Waals surface area contributed by atoms with E-state index in [9.17, 15) is 14.7 Å². The van der Waals surface area contributed by atoms with Crippen LogP contribution in [0.3, 0.4) is 0 Å². The van der Waals surface area contributed by atoms with Crippen molar-refractivity contribution in [3.05, 3.63) is 0 Å². The van der Waals surface area contributed by atoms with Crippen LogP contribution < -0.4 is 5.32 Å². The maximum atomic E-state index is 12.3. The van der Waals surface area contributed by atoms with Gasteiger partial charge in [0.05, 0.1) is 11.8 Å². The largest absolute Gasteiger partial charge is 0.481 e. The molecule has 2 saturated carbocycles. The molecule has 4 heteroatoms. The second-order valence-corrected chi connectivity index (χ2v) is 6.31. The minimum atomic E-state index is -0.808. The third-order valence-corrected chi connectivity index (χ3v) is 4.70. The summed E-state index contributed by atoms with van der Waals surface area (Å²) in [5.41, 5.74) is 0. The molecule has 0 aromatic heterocycles. The number of aliphatic carboxylic acids is 1. The molecule has 19 heavy (non-hydrogen) atoms. The fourth-order valence-corrected chi connectivity index (χ4v) is 3.61. The summed E-state index contributed by atoms with van der Waals surface area (Å²) >= 11 is 0. The van der Waals surface area contributed by atoms with Gasteiger partial charge in [0.25, 0.3) is 0 Å². The molecular weight excluding hydrogens is 242 g/mol. The number of hydrogen-bond acceptors (Lipinski definition) is 2. The molecule has 2 aliphatic carbocycles. The number of carboxylic acids is 1. The van der Waals surface area contributed by atoms with Crippen molar-refractivity contribution in [3.63, 3.8) is 0 Å². The fraction of sp³-hybridized carbons (Fsp3) is 0.867. The molecule has 108 valence electrons. The molecular formula is C15H25NO3. The Morgan fingerprint density at radius 2 is 1.68 bits per heavy atom. The molecule has 2 unspecified atom stereocenters. The third kappa shape index (κ3) is 3.71. The van der Waals surface area contributed by atoms with Gasteiger partial charge < -0.3 is 10.4 Å². The Bertz CT molecular complexity index is 342. The van der Waals surface area contributed by atoms with E-state index in [1.165, 1.54) is 12.8 Å². The standard InChI is InChI=1S/C15H25NO3/c1-10-5-4-6-11(9-10)16-14(17)12-7-2-3-8-13(12)15(18)19/h10-13H,2-9H2,1H3,(H,16,17)(H,18,19)/t10?,11?,12-,13+/m1/s1. The Balaban J connectivity index is 1.92. The van der Waals surface area contributed by atoms with Crippen molar-refractivity contribution in [1.82, 2.24) is 5.32 Å². The zero-order valence-electron chi connectivity index (χ0n) is 11.7. The van der Waals surface area contributed by atoms with Crippen LogP contribution in [0, 0.1) is 17.8 Å². The van der Waals surface area contributed by atoms with Crippen molar-refractivity contribution in [1.29, 1.82) is 0 Å². The van der Waals surface area contributed by atoms with Gasteiger partial charge >= 0.3 is 5.97 Å². The Labute approximate surface area is 115 Å². The normalized spacial score (nSPS) is 35.6. The number of carbonyl (C=O) groups excluding carboxylic acids is 1. The molecule has 1 amide bonds. The third-order valence-electron chi connectivity index (χ3n) is 4.70. The van der Waals surface area contributed by atoms with Crippen LogP contribution in [0.4, 0.5) is 0 Å². The van der Waals surface area contributed by atoms with Gasteiger partial charge in [-0.3, -0.25) is 9.59 Å². The molecule has 0 saturated heterocycles. The van der Waals surface area contributed by atoms with Crippen LogP contribution in [0.2, 0.25) is 0 Å². The predicted octanol–water partition coefficient (Wildman–Crippen LogP) is 2.57. The van der Waals surface area contributed by atoms with E-state index in [0.29, 0.717) is 12.3 Å². The van der Waals surface area contributed by atoms with Gasteiger partial charge in [0, 0.05) is 6.04 Å². The molecule has 4 atom stereocenters. The summed E-state index contributed by atoms with van der Waals surface area (Å²) < 4.78 is 0. The van der Waals surface area contributed by atoms with E-state index in [0.717, 1.165) is 32.1 Å². The zero-order chi connectivity index (χ0) is 13.8. The highest BCUT2D eigenvalue weighted by atomic mass is 16.4. The first kappa shape index (κ1) is 14.4. The summed E-state index contributed by atoms with van der Waals surface area (Å²) in [6, 6.07) is 0.257. The molecule has 0 heterocycles. The topological polar surface area (TPSA) is 66.4 Å². The smallest absolute Gasteiger partial charge is 0.307 e. The lowest BCUT2D eigenvalue weighted by Gasteiger charge is -2.32. The molecule has 2 rings (SSSR count). The fourth-order valence-electron chi connectivity index (χ4n) is 3.61. The van der Waals surface area contributed by atoms with Crippen LogP contribution in [0.1, 0.15) is 58.3 Å². The van der Waals surface area contributed by atoms with Gasteiger partial charge in [-0.1, -0.05) is 32.6 Å². The van der Waals surface area contributed by atoms with Gasteiger partial charge in [-0.25, -0.2) is 0 Å². The van der Waals surface area contributed by atoms with Gasteiger partial charge in [0.15, 0.2) is 0 Å². The van der Waals surface area contributed by atoms with Crippen LogP contribution in [-0.4, -0.2) is 23.0 Å². The van der Waals surface area contributed by atoms with Gasteiger partial charge in [0.1, 0.15) is 0 Å². The number of hydrogen-bond donors (Lipinski definition) is 2. The second-order valence-electron chi connectivity index (χ2n) is 6.31. The number of carboxylic acid groups (broad SMARTS) is 1. The maximum Gasteiger partial charge on any atom is 0.307 e. The summed E-state index contributed by atoms with van der Waals surface area (Å²) in [4.78, 5) is 23.5. The van der Waals surface area contributed by atoms with E-state index in [1.54, 1.807) is 0 Å². The summed E-state index contributed by atoms with van der Waals surface area (Å²) in [7, 11) is 0. The summed E-state index contributed by atoms with van der Waals surface area (Å²) in [6.07, 6.45) is 7.77. The van der Waals surface area contributed by atoms with Crippen LogP contribution >= 0.6 is 0 Å². The maximum absolute atomic E-state index is 12.3. The minimum absolute atomic E-state index is 0.0220. The first-order valence-corrected chi connectivity index (χ1v) is 7.61. The molecule has 4 nitrogen and oxygen atoms in total. The van der Waals surface area contributed by atoms with Crippen LogP contribution in [0.5, 0.6) is 0 Å². The van der Waals surface area contributed by atoms with Crippen molar-refractivity contribution in [2.24, 2.45) is 17.8 Å². The number of amides is 1. The molecule has 0 bridgehead atoms. The highest BCUT2D eigenvalue weighted by molar-refractivity contribution is 5.85. The SMILES string of the molecule is CC1CCCC(NC(=O)[C@@H]2CCCC[C@@H]2C(=O)O)C1. The van der Waals surface area contributed by atoms with Crippen molar-refractivity contribution in [3.8, 4) is 0 Å². The number of rotatable bonds is 3. The Morgan fingerprint density at radius 1 is 1.00 bits per heavy atom. The Kier molecular flexibility index (Phi) is 4.83. The van der Waals surface area contributed by atoms with Gasteiger partial charge in [-0.15, -0.1) is 0 Å². The average molecular weight is 267 g/mol. The monoisotopic (exact) mass is 267 g/mol. The van der Waals surface area contributed by atoms with E-state index in [2.05, 4.69) is 12.2 Å². The van der Waals surface area contributed by atoms with Crippen molar-refractivity contribution < 1.29 is 14.7 Å². The predicted molar refractivity (Wildman–Crippen MR) is 72.6 cm³/mol. The molecule has 0 aromatic rings. The van der Waals surface area contributed by atoms with Gasteiger partial charge in [-0.2, -0.15) is 0 Å². The lowest BCUT2D eigenvalue weighted by Crippen LogP contribution is -2.45. The Hall–Kier alpha value is -1.06. The summed E-state index contributed by atoms with van der Waals surface area (Å²) in [5, 5.41) is 12.3. The quantitative estimate of drug-likeness (QED) is 0.826. The van der Waals surface area contributed by atoms with E-state index in [1.807, 2.05) is 0 Å². The van der Waals surface area contributed by atoms with Crippen molar-refractivity contribution in [2.75, 3.05) is 0 Å². The van der Waals surface area contributed by atoms with Gasteiger partial charge in [0.2, 0.25) is 5.91 Å². The van der Waals surface area contributed by atoms with E-state index in [4.69, 9.17) is 0 Å². The highest BCUT2D eigenvalue weighted by Gasteiger charge is 2.36. The lowest BCUT2D eigenvalue weighted by molar-refractivity contribution is -0.149. The molecule has 2 fully saturated rings. The van der Waals surface area contributed by atoms with E-state index >= 15 is 0 Å². The molecule has 0 aliphatic heterocycles. The van der Waals surface area contributed by atoms with Crippen LogP contribution in [0.15, 0.2) is 0 Å². The second kappa shape index (κ2) is 6.40. The zero-order valence-corrected chi connectivity index (χ0v) is 11.7. The summed E-state index contributed by atoms with van der Waals surface area (Å²) in [5.74, 6) is -0.956. The molecule has 2 N–H and O–H groups in total. The van der Waals surface area contributed by atoms with Gasteiger partial charge in [-0.05, 0) is 31.6 Å². The lowest BCUT2D eigenvalue weighted by atomic mass is 9.78. The number of nitrogens with one attached hydrogen (secondary N) is 1. The van der Waals surface area contributed by atoms with E-state index < -0.39 is 11.9 Å². The van der Waals surface area contributed by atoms with Crippen molar-refractivity contribution >= 4 is 11.9 Å². The van der Waals surface area contributed by atoms with Crippen LogP contribution in [-0.2, 0) is 9.59 Å². The molecule has 0 radical (unpaired) electrons. The highest BCUT2D eigenvalue weighted by Crippen LogP contribution is 2.31. The first-order chi connectivity index (χ1) is 9.08. The first-order valence-electron chi connectivity index (χ1n) is 7.61. The summed E-state index contributed by atoms with van der Waals surface area (Å²) in [6.45, 7) is 2.22. The average Bonchev–Trinajstić information content (AvgIpc) is 2.38. The molecule has 2 aliphatic rings. The van der Waals surface area contributed by atoms with E-state index in [-0.39, 0.29) is 17.9 Å². The number of carbonyl (C=O) groups is 2. The molecule has 0 aromatic carbocycles.